The molecule has 1 aromatic carbocycles. The first-order chi connectivity index (χ1) is 7.76. The van der Waals surface area contributed by atoms with E-state index < -0.39 is 0 Å². The van der Waals surface area contributed by atoms with Gasteiger partial charge in [0.25, 0.3) is 0 Å². The second-order valence-corrected chi connectivity index (χ2v) is 5.85. The van der Waals surface area contributed by atoms with Crippen molar-refractivity contribution in [2.45, 2.75) is 43.4 Å². The van der Waals surface area contributed by atoms with Crippen LogP contribution in [0.15, 0.2) is 23.1 Å². The Morgan fingerprint density at radius 3 is 2.81 bits per heavy atom. The van der Waals surface area contributed by atoms with Crippen LogP contribution in [0.1, 0.15) is 44.1 Å². The van der Waals surface area contributed by atoms with Crippen molar-refractivity contribution in [1.82, 2.24) is 0 Å². The molecule has 1 saturated carbocycles. The number of hydrogen-bond acceptors (Lipinski definition) is 1. The first-order valence-corrected chi connectivity index (χ1v) is 7.70. The third-order valence-corrected chi connectivity index (χ3v) is 5.01. The number of benzene rings is 1. The van der Waals surface area contributed by atoms with Gasteiger partial charge in [0.2, 0.25) is 0 Å². The monoisotopic (exact) mass is 254 g/mol. The molecule has 0 saturated heterocycles. The molecule has 0 aliphatic heterocycles. The van der Waals surface area contributed by atoms with Crippen LogP contribution < -0.4 is 0 Å². The van der Waals surface area contributed by atoms with E-state index in [4.69, 9.17) is 11.6 Å². The molecule has 0 radical (unpaired) electrons. The molecule has 2 heteroatoms. The maximum Gasteiger partial charge on any atom is 0.0544 e. The summed E-state index contributed by atoms with van der Waals surface area (Å²) >= 11 is 8.00. The average molecular weight is 255 g/mol. The van der Waals surface area contributed by atoms with Crippen molar-refractivity contribution in [3.63, 3.8) is 0 Å². The Bertz CT molecular complexity index is 362. The van der Waals surface area contributed by atoms with Crippen molar-refractivity contribution in [3.05, 3.63) is 28.8 Å². The third-order valence-electron chi connectivity index (χ3n) is 3.79. The third kappa shape index (κ3) is 2.41. The van der Waals surface area contributed by atoms with E-state index in [1.165, 1.54) is 36.1 Å². The Labute approximate surface area is 108 Å². The molecule has 1 aliphatic rings. The van der Waals surface area contributed by atoms with Crippen LogP contribution in [0.5, 0.6) is 0 Å². The summed E-state index contributed by atoms with van der Waals surface area (Å²) in [4.78, 5) is 1.19. The van der Waals surface area contributed by atoms with Crippen LogP contribution in [-0.4, -0.2) is 6.26 Å². The van der Waals surface area contributed by atoms with Crippen LogP contribution in [0, 0.1) is 5.92 Å². The van der Waals surface area contributed by atoms with Gasteiger partial charge in [0.1, 0.15) is 0 Å². The molecule has 2 atom stereocenters. The van der Waals surface area contributed by atoms with Crippen molar-refractivity contribution < 1.29 is 0 Å². The molecule has 0 aromatic heterocycles. The second kappa shape index (κ2) is 5.46. The predicted octanol–water partition coefficient (Wildman–Crippen LogP) is 5.36. The molecular weight excluding hydrogens is 236 g/mol. The molecule has 0 N–H and O–H groups in total. The lowest BCUT2D eigenvalue weighted by Gasteiger charge is -2.19. The molecule has 88 valence electrons. The molecule has 1 aliphatic carbocycles. The number of halogens is 1. The van der Waals surface area contributed by atoms with Crippen molar-refractivity contribution >= 4 is 23.4 Å². The molecule has 0 heterocycles. The summed E-state index contributed by atoms with van der Waals surface area (Å²) in [5.74, 6) is 1.62. The lowest BCUT2D eigenvalue weighted by molar-refractivity contribution is 0.469. The molecule has 0 spiro atoms. The molecule has 1 aromatic rings. The summed E-state index contributed by atoms with van der Waals surface area (Å²) < 4.78 is 0. The summed E-state index contributed by atoms with van der Waals surface area (Å²) in [6.07, 6.45) is 7.49. The Hall–Kier alpha value is -0.140. The highest BCUT2D eigenvalue weighted by Crippen LogP contribution is 2.42. The minimum absolute atomic E-state index is 0.749. The fourth-order valence-corrected chi connectivity index (χ4v) is 3.76. The van der Waals surface area contributed by atoms with Gasteiger partial charge < -0.3 is 0 Å². The second-order valence-electron chi connectivity index (χ2n) is 4.60. The first-order valence-electron chi connectivity index (χ1n) is 6.09. The normalized spacial score (nSPS) is 24.9. The topological polar surface area (TPSA) is 0 Å². The Balaban J connectivity index is 2.23. The van der Waals surface area contributed by atoms with Crippen molar-refractivity contribution in [2.75, 3.05) is 6.26 Å². The number of rotatable bonds is 3. The molecule has 16 heavy (non-hydrogen) atoms. The van der Waals surface area contributed by atoms with E-state index in [0.29, 0.717) is 0 Å². The molecule has 2 unspecified atom stereocenters. The molecule has 0 nitrogen and oxygen atoms in total. The van der Waals surface area contributed by atoms with Gasteiger partial charge in [-0.1, -0.05) is 37.4 Å². The summed E-state index contributed by atoms with van der Waals surface area (Å²) in [6, 6.07) is 6.63. The summed E-state index contributed by atoms with van der Waals surface area (Å²) in [6.45, 7) is 2.31. The van der Waals surface area contributed by atoms with Gasteiger partial charge in [0.15, 0.2) is 0 Å². The zero-order chi connectivity index (χ0) is 11.5. The van der Waals surface area contributed by atoms with Gasteiger partial charge in [-0.25, -0.2) is 0 Å². The zero-order valence-corrected chi connectivity index (χ0v) is 11.6. The highest BCUT2D eigenvalue weighted by molar-refractivity contribution is 7.98. The predicted molar refractivity (Wildman–Crippen MR) is 73.6 cm³/mol. The lowest BCUT2D eigenvalue weighted by Crippen LogP contribution is -2.04. The van der Waals surface area contributed by atoms with Gasteiger partial charge in [-0.05, 0) is 48.6 Å². The van der Waals surface area contributed by atoms with Crippen molar-refractivity contribution in [2.24, 2.45) is 5.92 Å². The largest absolute Gasteiger partial charge is 0.128 e. The highest BCUT2D eigenvalue weighted by Gasteiger charge is 2.27. The SMILES string of the molecule is CCC1CCCC1c1ccc(SC)c(Cl)c1. The van der Waals surface area contributed by atoms with E-state index >= 15 is 0 Å². The van der Waals surface area contributed by atoms with Gasteiger partial charge in [0, 0.05) is 4.90 Å². The summed E-state index contributed by atoms with van der Waals surface area (Å²) in [5, 5.41) is 0.923. The molecule has 0 bridgehead atoms. The van der Waals surface area contributed by atoms with Gasteiger partial charge in [-0.3, -0.25) is 0 Å². The van der Waals surface area contributed by atoms with Crippen LogP contribution in [-0.2, 0) is 0 Å². The molecule has 0 amide bonds. The van der Waals surface area contributed by atoms with Crippen LogP contribution in [0.4, 0.5) is 0 Å². The molecule has 1 fully saturated rings. The summed E-state index contributed by atoms with van der Waals surface area (Å²) in [5.41, 5.74) is 1.45. The minimum Gasteiger partial charge on any atom is -0.128 e. The van der Waals surface area contributed by atoms with Crippen molar-refractivity contribution in [1.29, 1.82) is 0 Å². The van der Waals surface area contributed by atoms with Gasteiger partial charge in [-0.15, -0.1) is 11.8 Å². The van der Waals surface area contributed by atoms with Gasteiger partial charge in [0.05, 0.1) is 5.02 Å². The van der Waals surface area contributed by atoms with Gasteiger partial charge in [-0.2, -0.15) is 0 Å². The fourth-order valence-electron chi connectivity index (χ4n) is 2.88. The maximum atomic E-state index is 6.28. The van der Waals surface area contributed by atoms with Crippen LogP contribution in [0.25, 0.3) is 0 Å². The summed E-state index contributed by atoms with van der Waals surface area (Å²) in [7, 11) is 0. The first kappa shape index (κ1) is 12.3. The van der Waals surface area contributed by atoms with Crippen LogP contribution in [0.3, 0.4) is 0 Å². The number of thioether (sulfide) groups is 1. The van der Waals surface area contributed by atoms with E-state index in [9.17, 15) is 0 Å². The lowest BCUT2D eigenvalue weighted by atomic mass is 9.87. The van der Waals surface area contributed by atoms with E-state index in [1.54, 1.807) is 11.8 Å². The van der Waals surface area contributed by atoms with E-state index in [2.05, 4.69) is 31.4 Å². The standard InChI is InChI=1S/C14H19ClS/c1-3-10-5-4-6-12(10)11-7-8-14(16-2)13(15)9-11/h7-10,12H,3-6H2,1-2H3. The number of hydrogen-bond donors (Lipinski definition) is 0. The van der Waals surface area contributed by atoms with Crippen LogP contribution in [0.2, 0.25) is 5.02 Å². The highest BCUT2D eigenvalue weighted by atomic mass is 35.5. The molecule has 2 rings (SSSR count). The van der Waals surface area contributed by atoms with Gasteiger partial charge >= 0.3 is 0 Å². The fraction of sp³-hybridized carbons (Fsp3) is 0.571. The van der Waals surface area contributed by atoms with Crippen molar-refractivity contribution in [3.8, 4) is 0 Å². The molecular formula is C14H19ClS. The smallest absolute Gasteiger partial charge is 0.0544 e. The Morgan fingerprint density at radius 1 is 1.38 bits per heavy atom. The Morgan fingerprint density at radius 2 is 2.19 bits per heavy atom. The van der Waals surface area contributed by atoms with Crippen LogP contribution >= 0.6 is 23.4 Å². The quantitative estimate of drug-likeness (QED) is 0.655. The Kier molecular flexibility index (Phi) is 4.21. The minimum atomic E-state index is 0.749. The van der Waals surface area contributed by atoms with E-state index in [-0.39, 0.29) is 0 Å². The van der Waals surface area contributed by atoms with E-state index in [0.717, 1.165) is 16.9 Å². The average Bonchev–Trinajstić information content (AvgIpc) is 2.77. The van der Waals surface area contributed by atoms with E-state index in [1.807, 2.05) is 0 Å². The maximum absolute atomic E-state index is 6.28. The zero-order valence-electron chi connectivity index (χ0n) is 10.0.